The van der Waals surface area contributed by atoms with Crippen LogP contribution in [0.2, 0.25) is 0 Å². The molecule has 0 aliphatic rings. The minimum Gasteiger partial charge on any atom is -0.409 e. The van der Waals surface area contributed by atoms with Gasteiger partial charge in [-0.15, -0.1) is 12.4 Å². The van der Waals surface area contributed by atoms with Gasteiger partial charge >= 0.3 is 0 Å². The predicted octanol–water partition coefficient (Wildman–Crippen LogP) is 2.69. The molecule has 4 nitrogen and oxygen atoms in total. The van der Waals surface area contributed by atoms with E-state index in [4.69, 9.17) is 10.9 Å². The molecule has 0 aromatic heterocycles. The lowest BCUT2D eigenvalue weighted by Crippen LogP contribution is -2.23. The van der Waals surface area contributed by atoms with Crippen LogP contribution >= 0.6 is 12.4 Å². The number of amidine groups is 1. The fourth-order valence-corrected chi connectivity index (χ4v) is 3.45. The van der Waals surface area contributed by atoms with Crippen LogP contribution < -0.4 is 5.73 Å². The summed E-state index contributed by atoms with van der Waals surface area (Å²) in [5.74, 6) is 0.00510. The summed E-state index contributed by atoms with van der Waals surface area (Å²) in [7, 11) is -1.31. The highest BCUT2D eigenvalue weighted by Crippen LogP contribution is 2.28. The number of rotatable bonds is 5. The Morgan fingerprint density at radius 1 is 1.05 bits per heavy atom. The zero-order chi connectivity index (χ0) is 14.4. The molecule has 0 radical (unpaired) electrons. The summed E-state index contributed by atoms with van der Waals surface area (Å²) in [6.07, 6.45) is 0. The topological polar surface area (TPSA) is 75.7 Å². The van der Waals surface area contributed by atoms with Crippen molar-refractivity contribution in [1.82, 2.24) is 0 Å². The van der Waals surface area contributed by atoms with Crippen LogP contribution in [0.25, 0.3) is 0 Å². The number of hydrogen-bond acceptors (Lipinski definition) is 3. The molecule has 0 aliphatic carbocycles. The van der Waals surface area contributed by atoms with Gasteiger partial charge < -0.3 is 10.9 Å². The molecule has 0 saturated heterocycles. The van der Waals surface area contributed by atoms with Crippen LogP contribution in [0.3, 0.4) is 0 Å². The van der Waals surface area contributed by atoms with E-state index in [1.807, 2.05) is 60.7 Å². The monoisotopic (exact) mass is 324 g/mol. The lowest BCUT2D eigenvalue weighted by Gasteiger charge is -2.17. The Balaban J connectivity index is 0.00000220. The van der Waals surface area contributed by atoms with Gasteiger partial charge in [-0.1, -0.05) is 65.8 Å². The van der Waals surface area contributed by atoms with Crippen molar-refractivity contribution in [3.8, 4) is 0 Å². The Bertz CT molecular complexity index is 566. The summed E-state index contributed by atoms with van der Waals surface area (Å²) in [5, 5.41) is 11.2. The van der Waals surface area contributed by atoms with Gasteiger partial charge in [0.1, 0.15) is 0 Å². The Labute approximate surface area is 132 Å². The van der Waals surface area contributed by atoms with E-state index in [2.05, 4.69) is 5.16 Å². The summed E-state index contributed by atoms with van der Waals surface area (Å²) < 4.78 is 12.6. The van der Waals surface area contributed by atoms with E-state index < -0.39 is 10.8 Å². The van der Waals surface area contributed by atoms with Crippen molar-refractivity contribution in [1.29, 1.82) is 0 Å². The Kier molecular flexibility index (Phi) is 6.91. The summed E-state index contributed by atoms with van der Waals surface area (Å²) in [6, 6.07) is 19.2. The Morgan fingerprint density at radius 3 is 1.86 bits per heavy atom. The van der Waals surface area contributed by atoms with Crippen LogP contribution in [0.1, 0.15) is 16.4 Å². The molecule has 1 unspecified atom stereocenters. The van der Waals surface area contributed by atoms with Gasteiger partial charge in [0.15, 0.2) is 5.84 Å². The van der Waals surface area contributed by atoms with Gasteiger partial charge in [-0.2, -0.15) is 0 Å². The van der Waals surface area contributed by atoms with Crippen molar-refractivity contribution >= 4 is 29.0 Å². The number of halogens is 1. The van der Waals surface area contributed by atoms with Crippen LogP contribution in [0.4, 0.5) is 0 Å². The number of nitrogens with zero attached hydrogens (tertiary/aromatic N) is 1. The van der Waals surface area contributed by atoms with Gasteiger partial charge in [-0.3, -0.25) is 4.21 Å². The minimum absolute atomic E-state index is 0. The quantitative estimate of drug-likeness (QED) is 0.384. The molecule has 0 fully saturated rings. The molecule has 3 N–H and O–H groups in total. The summed E-state index contributed by atoms with van der Waals surface area (Å²) in [6.45, 7) is 0. The lowest BCUT2D eigenvalue weighted by atomic mass is 10.0. The third-order valence-electron chi connectivity index (χ3n) is 2.89. The minimum atomic E-state index is -1.31. The van der Waals surface area contributed by atoms with E-state index >= 15 is 0 Å². The van der Waals surface area contributed by atoms with Crippen LogP contribution in [-0.4, -0.2) is 21.0 Å². The first-order valence-electron chi connectivity index (χ1n) is 6.16. The van der Waals surface area contributed by atoms with E-state index in [1.165, 1.54) is 0 Å². The highest BCUT2D eigenvalue weighted by molar-refractivity contribution is 7.86. The maximum Gasteiger partial charge on any atom is 0.151 e. The SMILES string of the molecule is Cl.NC(CS(=O)C(c1ccccc1)c1ccccc1)=NO. The van der Waals surface area contributed by atoms with Gasteiger partial charge in [-0.25, -0.2) is 0 Å². The molecule has 0 amide bonds. The van der Waals surface area contributed by atoms with Gasteiger partial charge in [0.25, 0.3) is 0 Å². The highest BCUT2D eigenvalue weighted by Gasteiger charge is 2.21. The van der Waals surface area contributed by atoms with E-state index in [1.54, 1.807) is 0 Å². The van der Waals surface area contributed by atoms with E-state index in [0.717, 1.165) is 11.1 Å². The van der Waals surface area contributed by atoms with Crippen LogP contribution in [0, 0.1) is 0 Å². The maximum atomic E-state index is 12.6. The standard InChI is InChI=1S/C15H16N2O2S.ClH/c16-14(17-18)11-20(19)15(12-7-3-1-4-8-12)13-9-5-2-6-10-13;/h1-10,15,18H,11H2,(H2,16,17);1H. The maximum absolute atomic E-state index is 12.6. The first-order chi connectivity index (χ1) is 9.72. The first kappa shape index (κ1) is 17.2. The zero-order valence-corrected chi connectivity index (χ0v) is 12.9. The molecule has 0 spiro atoms. The average Bonchev–Trinajstić information content (AvgIpc) is 2.49. The number of hydrogen-bond donors (Lipinski definition) is 2. The summed E-state index contributed by atoms with van der Waals surface area (Å²) >= 11 is 0. The van der Waals surface area contributed by atoms with Crippen molar-refractivity contribution in [2.45, 2.75) is 5.25 Å². The van der Waals surface area contributed by atoms with Crippen LogP contribution in [-0.2, 0) is 10.8 Å². The normalized spacial score (nSPS) is 12.7. The molecule has 2 aromatic carbocycles. The second-order valence-corrected chi connectivity index (χ2v) is 5.84. The van der Waals surface area contributed by atoms with Crippen molar-refractivity contribution in [3.63, 3.8) is 0 Å². The lowest BCUT2D eigenvalue weighted by molar-refractivity contribution is 0.318. The molecule has 2 aromatic rings. The third-order valence-corrected chi connectivity index (χ3v) is 4.54. The van der Waals surface area contributed by atoms with Crippen LogP contribution in [0.15, 0.2) is 65.8 Å². The van der Waals surface area contributed by atoms with Gasteiger partial charge in [0.2, 0.25) is 0 Å². The van der Waals surface area contributed by atoms with Crippen molar-refractivity contribution in [3.05, 3.63) is 71.8 Å². The van der Waals surface area contributed by atoms with E-state index in [-0.39, 0.29) is 29.2 Å². The van der Waals surface area contributed by atoms with E-state index in [9.17, 15) is 4.21 Å². The molecule has 2 rings (SSSR count). The third kappa shape index (κ3) is 4.58. The Morgan fingerprint density at radius 2 is 1.48 bits per heavy atom. The highest BCUT2D eigenvalue weighted by atomic mass is 35.5. The average molecular weight is 325 g/mol. The second-order valence-electron chi connectivity index (χ2n) is 4.32. The van der Waals surface area contributed by atoms with Gasteiger partial charge in [0.05, 0.1) is 11.0 Å². The fraction of sp³-hybridized carbons (Fsp3) is 0.133. The molecular weight excluding hydrogens is 308 g/mol. The van der Waals surface area contributed by atoms with E-state index in [0.29, 0.717) is 0 Å². The number of nitrogens with two attached hydrogens (primary N) is 1. The number of benzene rings is 2. The largest absolute Gasteiger partial charge is 0.409 e. The van der Waals surface area contributed by atoms with Gasteiger partial charge in [-0.05, 0) is 11.1 Å². The molecule has 0 bridgehead atoms. The van der Waals surface area contributed by atoms with Crippen molar-refractivity contribution < 1.29 is 9.42 Å². The molecule has 1 atom stereocenters. The molecular formula is C15H17ClN2O2S. The molecule has 21 heavy (non-hydrogen) atoms. The molecule has 0 aliphatic heterocycles. The zero-order valence-electron chi connectivity index (χ0n) is 11.3. The second kappa shape index (κ2) is 8.44. The molecule has 0 saturated carbocycles. The molecule has 0 heterocycles. The van der Waals surface area contributed by atoms with Crippen LogP contribution in [0.5, 0.6) is 0 Å². The smallest absolute Gasteiger partial charge is 0.151 e. The van der Waals surface area contributed by atoms with Gasteiger partial charge in [0, 0.05) is 10.8 Å². The summed E-state index contributed by atoms with van der Waals surface area (Å²) in [4.78, 5) is 0. The first-order valence-corrected chi connectivity index (χ1v) is 7.54. The molecule has 6 heteroatoms. The Hall–Kier alpha value is -1.85. The van der Waals surface area contributed by atoms with Crippen molar-refractivity contribution in [2.24, 2.45) is 10.9 Å². The van der Waals surface area contributed by atoms with Crippen molar-refractivity contribution in [2.75, 3.05) is 5.75 Å². The molecule has 112 valence electrons. The summed E-state index contributed by atoms with van der Waals surface area (Å²) in [5.41, 5.74) is 7.37. The fourth-order valence-electron chi connectivity index (χ4n) is 2.01. The number of oxime groups is 1. The predicted molar refractivity (Wildman–Crippen MR) is 88.4 cm³/mol.